The van der Waals surface area contributed by atoms with Gasteiger partial charge in [-0.25, -0.2) is 9.97 Å². The Kier molecular flexibility index (Phi) is 4.45. The van der Waals surface area contributed by atoms with E-state index in [2.05, 4.69) is 38.3 Å². The fourth-order valence-electron chi connectivity index (χ4n) is 2.78. The second-order valence-electron chi connectivity index (χ2n) is 5.33. The van der Waals surface area contributed by atoms with Crippen molar-refractivity contribution in [2.24, 2.45) is 0 Å². The van der Waals surface area contributed by atoms with Gasteiger partial charge in [0.15, 0.2) is 0 Å². The summed E-state index contributed by atoms with van der Waals surface area (Å²) in [5.41, 5.74) is 1.26. The molecule has 6 heteroatoms. The van der Waals surface area contributed by atoms with Gasteiger partial charge in [-0.3, -0.25) is 4.68 Å². The van der Waals surface area contributed by atoms with Gasteiger partial charge in [-0.05, 0) is 31.9 Å². The molecule has 6 nitrogen and oxygen atoms in total. The van der Waals surface area contributed by atoms with Gasteiger partial charge in [0, 0.05) is 50.8 Å². The molecule has 1 aliphatic heterocycles. The molecular weight excluding hydrogens is 264 g/mol. The molecule has 0 bridgehead atoms. The summed E-state index contributed by atoms with van der Waals surface area (Å²) in [7, 11) is 0. The van der Waals surface area contributed by atoms with Crippen LogP contribution in [0.1, 0.15) is 25.5 Å². The van der Waals surface area contributed by atoms with Crippen LogP contribution in [0, 0.1) is 0 Å². The lowest BCUT2D eigenvalue weighted by Crippen LogP contribution is -2.43. The Morgan fingerprint density at radius 1 is 1.19 bits per heavy atom. The Balaban J connectivity index is 1.48. The van der Waals surface area contributed by atoms with E-state index in [1.165, 1.54) is 5.69 Å². The first-order valence-electron chi connectivity index (χ1n) is 7.63. The molecule has 0 aromatic carbocycles. The quantitative estimate of drug-likeness (QED) is 0.901. The predicted molar refractivity (Wildman–Crippen MR) is 82.0 cm³/mol. The summed E-state index contributed by atoms with van der Waals surface area (Å²) in [4.78, 5) is 10.9. The maximum atomic E-state index is 4.32. The van der Waals surface area contributed by atoms with Crippen LogP contribution in [0.4, 0.5) is 5.95 Å². The summed E-state index contributed by atoms with van der Waals surface area (Å²) in [6, 6.07) is 4.50. The number of aryl methyl sites for hydroxylation is 1. The first-order chi connectivity index (χ1) is 10.4. The molecule has 21 heavy (non-hydrogen) atoms. The smallest absolute Gasteiger partial charge is 0.225 e. The zero-order valence-corrected chi connectivity index (χ0v) is 12.4. The van der Waals surface area contributed by atoms with Crippen LogP contribution >= 0.6 is 0 Å². The molecule has 1 saturated heterocycles. The van der Waals surface area contributed by atoms with Crippen LogP contribution in [0.25, 0.3) is 0 Å². The highest BCUT2D eigenvalue weighted by molar-refractivity contribution is 5.29. The second-order valence-corrected chi connectivity index (χ2v) is 5.33. The van der Waals surface area contributed by atoms with Crippen molar-refractivity contribution in [2.45, 2.75) is 38.9 Å². The Hall–Kier alpha value is -1.95. The fraction of sp³-hybridized carbons (Fsp3) is 0.533. The zero-order chi connectivity index (χ0) is 14.5. The summed E-state index contributed by atoms with van der Waals surface area (Å²) in [5, 5.41) is 7.94. The topological polar surface area (TPSA) is 58.9 Å². The van der Waals surface area contributed by atoms with Gasteiger partial charge in [-0.2, -0.15) is 5.10 Å². The molecule has 112 valence electrons. The molecule has 0 saturated carbocycles. The van der Waals surface area contributed by atoms with Gasteiger partial charge >= 0.3 is 0 Å². The van der Waals surface area contributed by atoms with Crippen molar-refractivity contribution in [3.05, 3.63) is 36.4 Å². The van der Waals surface area contributed by atoms with E-state index in [4.69, 9.17) is 0 Å². The number of nitrogens with one attached hydrogen (secondary N) is 1. The minimum Gasteiger partial charge on any atom is -0.341 e. The minimum absolute atomic E-state index is 0.560. The van der Waals surface area contributed by atoms with E-state index < -0.39 is 0 Å². The average molecular weight is 286 g/mol. The largest absolute Gasteiger partial charge is 0.341 e. The molecule has 0 atom stereocenters. The van der Waals surface area contributed by atoms with Gasteiger partial charge in [0.25, 0.3) is 0 Å². The van der Waals surface area contributed by atoms with Crippen molar-refractivity contribution in [2.75, 3.05) is 18.0 Å². The van der Waals surface area contributed by atoms with Crippen molar-refractivity contribution >= 4 is 5.95 Å². The van der Waals surface area contributed by atoms with Gasteiger partial charge < -0.3 is 10.2 Å². The van der Waals surface area contributed by atoms with E-state index in [0.29, 0.717) is 6.04 Å². The van der Waals surface area contributed by atoms with Crippen LogP contribution in [-0.2, 0) is 13.1 Å². The number of nitrogens with zero attached hydrogens (tertiary/aromatic N) is 5. The molecule has 1 N–H and O–H groups in total. The van der Waals surface area contributed by atoms with E-state index in [1.54, 1.807) is 12.4 Å². The predicted octanol–water partition coefficient (Wildman–Crippen LogP) is 1.45. The van der Waals surface area contributed by atoms with Crippen LogP contribution in [-0.4, -0.2) is 38.9 Å². The van der Waals surface area contributed by atoms with E-state index in [9.17, 15) is 0 Å². The van der Waals surface area contributed by atoms with Gasteiger partial charge in [-0.1, -0.05) is 0 Å². The zero-order valence-electron chi connectivity index (χ0n) is 12.4. The molecule has 3 rings (SSSR count). The standard InChI is InChI=1S/C15H22N6/c1-2-21-14(4-9-19-21)12-18-13-5-10-20(11-6-13)15-16-7-3-8-17-15/h3-4,7-9,13,18H,2,5-6,10-12H2,1H3. The van der Waals surface area contributed by atoms with Gasteiger partial charge in [0.2, 0.25) is 5.95 Å². The van der Waals surface area contributed by atoms with Crippen molar-refractivity contribution in [1.29, 1.82) is 0 Å². The first-order valence-corrected chi connectivity index (χ1v) is 7.63. The molecule has 2 aromatic rings. The molecule has 0 unspecified atom stereocenters. The van der Waals surface area contributed by atoms with Crippen LogP contribution in [0.2, 0.25) is 0 Å². The number of rotatable bonds is 5. The number of aromatic nitrogens is 4. The monoisotopic (exact) mass is 286 g/mol. The first kappa shape index (κ1) is 14.0. The summed E-state index contributed by atoms with van der Waals surface area (Å²) in [5.74, 6) is 0.847. The van der Waals surface area contributed by atoms with Crippen molar-refractivity contribution in [1.82, 2.24) is 25.1 Å². The minimum atomic E-state index is 0.560. The molecule has 0 radical (unpaired) electrons. The third-order valence-electron chi connectivity index (χ3n) is 4.01. The van der Waals surface area contributed by atoms with Crippen LogP contribution in [0.15, 0.2) is 30.7 Å². The van der Waals surface area contributed by atoms with Crippen molar-refractivity contribution in [3.63, 3.8) is 0 Å². The average Bonchev–Trinajstić information content (AvgIpc) is 3.02. The third-order valence-corrected chi connectivity index (χ3v) is 4.01. The molecular formula is C15H22N6. The third kappa shape index (κ3) is 3.39. The van der Waals surface area contributed by atoms with Crippen molar-refractivity contribution in [3.8, 4) is 0 Å². The van der Waals surface area contributed by atoms with E-state index in [-0.39, 0.29) is 0 Å². The molecule has 0 amide bonds. The summed E-state index contributed by atoms with van der Waals surface area (Å²) < 4.78 is 2.04. The normalized spacial score (nSPS) is 16.3. The number of piperidine rings is 1. The highest BCUT2D eigenvalue weighted by Crippen LogP contribution is 2.15. The van der Waals surface area contributed by atoms with Gasteiger partial charge in [0.05, 0.1) is 5.69 Å². The SMILES string of the molecule is CCn1nccc1CNC1CCN(c2ncccn2)CC1. The van der Waals surface area contributed by atoms with E-state index in [0.717, 1.165) is 45.0 Å². The summed E-state index contributed by atoms with van der Waals surface area (Å²) in [6.07, 6.45) is 7.73. The molecule has 1 fully saturated rings. The molecule has 3 heterocycles. The lowest BCUT2D eigenvalue weighted by Gasteiger charge is -2.32. The van der Waals surface area contributed by atoms with E-state index >= 15 is 0 Å². The van der Waals surface area contributed by atoms with Crippen LogP contribution in [0.3, 0.4) is 0 Å². The Bertz CT molecular complexity index is 544. The van der Waals surface area contributed by atoms with Crippen LogP contribution in [0.5, 0.6) is 0 Å². The summed E-state index contributed by atoms with van der Waals surface area (Å²) in [6.45, 7) is 5.95. The van der Waals surface area contributed by atoms with Gasteiger partial charge in [-0.15, -0.1) is 0 Å². The maximum Gasteiger partial charge on any atom is 0.225 e. The highest BCUT2D eigenvalue weighted by Gasteiger charge is 2.20. The Morgan fingerprint density at radius 3 is 2.67 bits per heavy atom. The van der Waals surface area contributed by atoms with Crippen molar-refractivity contribution < 1.29 is 0 Å². The van der Waals surface area contributed by atoms with Gasteiger partial charge in [0.1, 0.15) is 0 Å². The lowest BCUT2D eigenvalue weighted by atomic mass is 10.1. The number of hydrogen-bond donors (Lipinski definition) is 1. The number of anilines is 1. The number of hydrogen-bond acceptors (Lipinski definition) is 5. The summed E-state index contributed by atoms with van der Waals surface area (Å²) >= 11 is 0. The van der Waals surface area contributed by atoms with Crippen LogP contribution < -0.4 is 10.2 Å². The maximum absolute atomic E-state index is 4.32. The molecule has 1 aliphatic rings. The Labute approximate surface area is 125 Å². The molecule has 2 aromatic heterocycles. The lowest BCUT2D eigenvalue weighted by molar-refractivity contribution is 0.404. The second kappa shape index (κ2) is 6.67. The fourth-order valence-corrected chi connectivity index (χ4v) is 2.78. The highest BCUT2D eigenvalue weighted by atomic mass is 15.3. The Morgan fingerprint density at radius 2 is 1.95 bits per heavy atom. The molecule has 0 spiro atoms. The molecule has 0 aliphatic carbocycles. The van der Waals surface area contributed by atoms with E-state index in [1.807, 2.05) is 16.9 Å².